The van der Waals surface area contributed by atoms with Gasteiger partial charge < -0.3 is 19.1 Å². The van der Waals surface area contributed by atoms with Gasteiger partial charge in [-0.1, -0.05) is 6.92 Å². The zero-order valence-electron chi connectivity index (χ0n) is 18.4. The van der Waals surface area contributed by atoms with E-state index in [0.717, 1.165) is 54.7 Å². The number of hydrogen-bond donors (Lipinski definition) is 1. The lowest BCUT2D eigenvalue weighted by atomic mass is 9.59. The van der Waals surface area contributed by atoms with E-state index in [0.29, 0.717) is 29.9 Å². The van der Waals surface area contributed by atoms with Gasteiger partial charge in [0.2, 0.25) is 0 Å². The van der Waals surface area contributed by atoms with Crippen LogP contribution < -0.4 is 4.74 Å². The minimum atomic E-state index is -0.113. The topological polar surface area (TPSA) is 62.9 Å². The fourth-order valence-electron chi connectivity index (χ4n) is 7.68. The van der Waals surface area contributed by atoms with Crippen molar-refractivity contribution >= 4 is 6.29 Å². The first-order valence-corrected chi connectivity index (χ1v) is 11.7. The summed E-state index contributed by atoms with van der Waals surface area (Å²) in [5.41, 5.74) is 4.52. The van der Waals surface area contributed by atoms with Gasteiger partial charge in [0, 0.05) is 47.5 Å². The lowest BCUT2D eigenvalue weighted by Gasteiger charge is -2.59. The molecule has 2 heterocycles. The summed E-state index contributed by atoms with van der Waals surface area (Å²) < 4.78 is 11.1. The third kappa shape index (κ3) is 2.39. The highest BCUT2D eigenvalue weighted by atomic mass is 16.5. The van der Waals surface area contributed by atoms with Crippen LogP contribution >= 0.6 is 0 Å². The second kappa shape index (κ2) is 6.61. The number of likely N-dealkylation sites (tertiary alicyclic amines) is 1. The predicted octanol–water partition coefficient (Wildman–Crippen LogP) is 4.65. The molecule has 164 valence electrons. The molecule has 1 aliphatic heterocycles. The summed E-state index contributed by atoms with van der Waals surface area (Å²) in [7, 11) is 1.62. The predicted molar refractivity (Wildman–Crippen MR) is 117 cm³/mol. The van der Waals surface area contributed by atoms with Crippen LogP contribution in [0.5, 0.6) is 11.5 Å². The van der Waals surface area contributed by atoms with Gasteiger partial charge in [0.15, 0.2) is 11.5 Å². The molecule has 31 heavy (non-hydrogen) atoms. The fourth-order valence-corrected chi connectivity index (χ4v) is 7.68. The van der Waals surface area contributed by atoms with Gasteiger partial charge in [0.05, 0.1) is 19.6 Å². The van der Waals surface area contributed by atoms with Crippen molar-refractivity contribution in [1.29, 1.82) is 0 Å². The van der Waals surface area contributed by atoms with E-state index < -0.39 is 0 Å². The molecule has 3 unspecified atom stereocenters. The molecule has 1 aromatic carbocycles. The Labute approximate surface area is 183 Å². The van der Waals surface area contributed by atoms with Crippen LogP contribution in [0.4, 0.5) is 0 Å². The molecular formula is C26H31NO4. The number of carbonyl (C=O) groups excluding carboxylic acids is 1. The minimum absolute atomic E-state index is 0.0458. The summed E-state index contributed by atoms with van der Waals surface area (Å²) in [5, 5.41) is 11.4. The molecule has 6 rings (SSSR count). The average molecular weight is 422 g/mol. The van der Waals surface area contributed by atoms with Crippen LogP contribution in [0.1, 0.15) is 56.6 Å². The van der Waals surface area contributed by atoms with Crippen molar-refractivity contribution in [3.05, 3.63) is 35.8 Å². The van der Waals surface area contributed by atoms with Crippen LogP contribution in [0, 0.1) is 11.8 Å². The second-order valence-electron chi connectivity index (χ2n) is 10.2. The Bertz CT molecular complexity index is 1030. The number of benzene rings is 1. The van der Waals surface area contributed by atoms with Gasteiger partial charge in [-0.15, -0.1) is 0 Å². The van der Waals surface area contributed by atoms with E-state index in [1.807, 2.05) is 12.1 Å². The lowest BCUT2D eigenvalue weighted by Crippen LogP contribution is -2.68. The number of ether oxygens (including phenoxy) is 1. The molecule has 0 radical (unpaired) electrons. The smallest absolute Gasteiger partial charge is 0.161 e. The highest BCUT2D eigenvalue weighted by Gasteiger charge is 2.74. The number of carbonyl (C=O) groups is 1. The Morgan fingerprint density at radius 3 is 2.84 bits per heavy atom. The van der Waals surface area contributed by atoms with Crippen molar-refractivity contribution in [2.45, 2.75) is 62.3 Å². The molecule has 5 heteroatoms. The van der Waals surface area contributed by atoms with Crippen LogP contribution in [0.3, 0.4) is 0 Å². The van der Waals surface area contributed by atoms with Gasteiger partial charge in [0.25, 0.3) is 0 Å². The Morgan fingerprint density at radius 2 is 2.19 bits per heavy atom. The molecule has 0 amide bonds. The molecule has 1 N–H and O–H groups in total. The molecule has 2 saturated carbocycles. The van der Waals surface area contributed by atoms with Crippen molar-refractivity contribution in [3.63, 3.8) is 0 Å². The van der Waals surface area contributed by atoms with E-state index in [9.17, 15) is 9.90 Å². The maximum atomic E-state index is 11.4. The number of fused-ring (bicyclic) bond motifs is 3. The number of phenolic OH excluding ortho intramolecular Hbond substituents is 1. The highest BCUT2D eigenvalue weighted by Crippen LogP contribution is 2.74. The Kier molecular flexibility index (Phi) is 4.14. The second-order valence-corrected chi connectivity index (χ2v) is 10.2. The zero-order chi connectivity index (χ0) is 21.4. The van der Waals surface area contributed by atoms with Gasteiger partial charge in [0.1, 0.15) is 6.29 Å². The number of hydrogen-bond acceptors (Lipinski definition) is 5. The van der Waals surface area contributed by atoms with Crippen LogP contribution in [0.15, 0.2) is 29.1 Å². The fraction of sp³-hybridized carbons (Fsp3) is 0.577. The molecule has 1 saturated heterocycles. The van der Waals surface area contributed by atoms with E-state index in [2.05, 4.69) is 11.8 Å². The Hall–Kier alpha value is -2.27. The number of furan rings is 1. The van der Waals surface area contributed by atoms with Crippen molar-refractivity contribution in [1.82, 2.24) is 4.90 Å². The van der Waals surface area contributed by atoms with Gasteiger partial charge in [-0.3, -0.25) is 4.90 Å². The van der Waals surface area contributed by atoms with E-state index in [1.165, 1.54) is 24.9 Å². The number of aromatic hydroxyl groups is 1. The van der Waals surface area contributed by atoms with E-state index in [-0.39, 0.29) is 10.8 Å². The maximum Gasteiger partial charge on any atom is 0.161 e. The summed E-state index contributed by atoms with van der Waals surface area (Å²) in [4.78, 5) is 14.1. The molecule has 2 aromatic rings. The standard InChI is InChI=1S/C26H31NO4/c1-3-25-14-26(15-27(12-16-6-7-16)24(26)19(25)5-4-9-28)21-18(17-8-10-31-13-17)11-20(30-2)23(29)22(21)25/h8-11,13,16,19,24,29H,3-7,12,14-15H2,1-2H3/t19?,24?,25-,26?/m0/s1. The van der Waals surface area contributed by atoms with Crippen LogP contribution in [-0.4, -0.2) is 42.5 Å². The summed E-state index contributed by atoms with van der Waals surface area (Å²) in [6.07, 6.45) is 10.8. The summed E-state index contributed by atoms with van der Waals surface area (Å²) in [5.74, 6) is 2.07. The summed E-state index contributed by atoms with van der Waals surface area (Å²) >= 11 is 0. The average Bonchev–Trinajstić information content (AvgIpc) is 3.23. The monoisotopic (exact) mass is 421 g/mol. The zero-order valence-corrected chi connectivity index (χ0v) is 18.4. The normalized spacial score (nSPS) is 33.1. The number of methoxy groups -OCH3 is 1. The largest absolute Gasteiger partial charge is 0.504 e. The van der Waals surface area contributed by atoms with Crippen molar-refractivity contribution in [2.24, 2.45) is 11.8 Å². The Morgan fingerprint density at radius 1 is 1.35 bits per heavy atom. The summed E-state index contributed by atoms with van der Waals surface area (Å²) in [6.45, 7) is 4.49. The first kappa shape index (κ1) is 19.4. The lowest BCUT2D eigenvalue weighted by molar-refractivity contribution is -0.108. The highest BCUT2D eigenvalue weighted by molar-refractivity contribution is 5.80. The number of aldehydes is 1. The van der Waals surface area contributed by atoms with E-state index >= 15 is 0 Å². The van der Waals surface area contributed by atoms with Gasteiger partial charge >= 0.3 is 0 Å². The van der Waals surface area contributed by atoms with Crippen molar-refractivity contribution in [2.75, 3.05) is 20.2 Å². The first-order valence-electron chi connectivity index (χ1n) is 11.7. The molecule has 4 atom stereocenters. The van der Waals surface area contributed by atoms with Crippen LogP contribution in [0.2, 0.25) is 0 Å². The van der Waals surface area contributed by atoms with Crippen molar-refractivity contribution < 1.29 is 19.1 Å². The van der Waals surface area contributed by atoms with Crippen LogP contribution in [-0.2, 0) is 15.6 Å². The third-order valence-corrected chi connectivity index (χ3v) is 8.90. The molecule has 1 aromatic heterocycles. The molecule has 3 fully saturated rings. The van der Waals surface area contributed by atoms with Gasteiger partial charge in [-0.25, -0.2) is 0 Å². The Balaban J connectivity index is 1.58. The van der Waals surface area contributed by atoms with Gasteiger partial charge in [-0.2, -0.15) is 0 Å². The maximum absolute atomic E-state index is 11.4. The van der Waals surface area contributed by atoms with Crippen LogP contribution in [0.25, 0.3) is 11.1 Å². The number of nitrogens with zero attached hydrogens (tertiary/aromatic N) is 1. The SMILES string of the molecule is CC[C@]12CC3(CN(CC4CC4)C3C1CCC=O)c1c(-c3ccoc3)cc(OC)c(O)c12. The van der Waals surface area contributed by atoms with E-state index in [4.69, 9.17) is 9.15 Å². The number of rotatable bonds is 8. The first-order chi connectivity index (χ1) is 15.1. The molecule has 2 bridgehead atoms. The van der Waals surface area contributed by atoms with Gasteiger partial charge in [-0.05, 0) is 67.2 Å². The molecule has 5 nitrogen and oxygen atoms in total. The molecule has 3 aliphatic carbocycles. The molecule has 1 spiro atoms. The molecule has 4 aliphatic rings. The summed E-state index contributed by atoms with van der Waals surface area (Å²) in [6, 6.07) is 4.46. The van der Waals surface area contributed by atoms with Crippen molar-refractivity contribution in [3.8, 4) is 22.6 Å². The number of phenols is 1. The molecular weight excluding hydrogens is 390 g/mol. The quantitative estimate of drug-likeness (QED) is 0.629. The van der Waals surface area contributed by atoms with E-state index in [1.54, 1.807) is 19.6 Å². The minimum Gasteiger partial charge on any atom is -0.504 e. The third-order valence-electron chi connectivity index (χ3n) is 8.90.